The fourth-order valence-electron chi connectivity index (χ4n) is 1.49. The van der Waals surface area contributed by atoms with Crippen LogP contribution in [-0.4, -0.2) is 25.4 Å². The van der Waals surface area contributed by atoms with E-state index in [1.165, 1.54) is 0 Å². The molecule has 1 N–H and O–H groups in total. The van der Waals surface area contributed by atoms with E-state index in [2.05, 4.69) is 5.92 Å². The number of benzene rings is 1. The number of hydrogen-bond donors (Lipinski definition) is 1. The molecule has 0 bridgehead atoms. The second kappa shape index (κ2) is 6.04. The summed E-state index contributed by atoms with van der Waals surface area (Å²) in [5, 5.41) is 9.58. The van der Waals surface area contributed by atoms with Gasteiger partial charge >= 0.3 is 0 Å². The van der Waals surface area contributed by atoms with Gasteiger partial charge in [-0.3, -0.25) is 0 Å². The summed E-state index contributed by atoms with van der Waals surface area (Å²) in [4.78, 5) is 0. The highest BCUT2D eigenvalue weighted by molar-refractivity contribution is 5.43. The van der Waals surface area contributed by atoms with Gasteiger partial charge in [0.05, 0.1) is 20.3 Å². The monoisotopic (exact) mass is 220 g/mol. The maximum absolute atomic E-state index is 9.58. The van der Waals surface area contributed by atoms with Gasteiger partial charge in [0.2, 0.25) is 0 Å². The molecule has 1 aromatic rings. The van der Waals surface area contributed by atoms with Gasteiger partial charge < -0.3 is 14.6 Å². The third-order valence-electron chi connectivity index (χ3n) is 2.27. The van der Waals surface area contributed by atoms with Crippen molar-refractivity contribution < 1.29 is 14.6 Å². The highest BCUT2D eigenvalue weighted by atomic mass is 16.5. The van der Waals surface area contributed by atoms with Gasteiger partial charge in [-0.05, 0) is 24.1 Å². The predicted molar refractivity (Wildman–Crippen MR) is 62.7 cm³/mol. The molecule has 1 unspecified atom stereocenters. The predicted octanol–water partition coefficient (Wildman–Crippen LogP) is 1.63. The fourth-order valence-corrected chi connectivity index (χ4v) is 1.49. The van der Waals surface area contributed by atoms with E-state index < -0.39 is 6.10 Å². The van der Waals surface area contributed by atoms with E-state index in [-0.39, 0.29) is 0 Å². The summed E-state index contributed by atoms with van der Waals surface area (Å²) in [6, 6.07) is 5.55. The SMILES string of the molecule is C#CCC(O)Cc1ccc(OC)c(OC)c1. The van der Waals surface area contributed by atoms with Gasteiger partial charge in [-0.15, -0.1) is 12.3 Å². The highest BCUT2D eigenvalue weighted by Gasteiger charge is 2.08. The molecule has 3 nitrogen and oxygen atoms in total. The summed E-state index contributed by atoms with van der Waals surface area (Å²) in [6.45, 7) is 0. The average molecular weight is 220 g/mol. The molecular formula is C13H16O3. The first kappa shape index (κ1) is 12.4. The molecule has 0 radical (unpaired) electrons. The van der Waals surface area contributed by atoms with E-state index in [4.69, 9.17) is 15.9 Å². The lowest BCUT2D eigenvalue weighted by molar-refractivity contribution is 0.180. The lowest BCUT2D eigenvalue weighted by atomic mass is 10.1. The van der Waals surface area contributed by atoms with Crippen molar-refractivity contribution >= 4 is 0 Å². The molecule has 0 aliphatic heterocycles. The van der Waals surface area contributed by atoms with E-state index in [1.54, 1.807) is 14.2 Å². The second-order valence-electron chi connectivity index (χ2n) is 3.46. The number of rotatable bonds is 5. The maximum Gasteiger partial charge on any atom is 0.160 e. The first-order valence-corrected chi connectivity index (χ1v) is 5.03. The zero-order chi connectivity index (χ0) is 12.0. The van der Waals surface area contributed by atoms with Crippen LogP contribution in [0.25, 0.3) is 0 Å². The van der Waals surface area contributed by atoms with Gasteiger partial charge in [0.15, 0.2) is 11.5 Å². The van der Waals surface area contributed by atoms with E-state index in [1.807, 2.05) is 18.2 Å². The van der Waals surface area contributed by atoms with Crippen molar-refractivity contribution in [1.82, 2.24) is 0 Å². The van der Waals surface area contributed by atoms with Crippen molar-refractivity contribution in [1.29, 1.82) is 0 Å². The molecule has 0 aliphatic rings. The normalized spacial score (nSPS) is 11.6. The van der Waals surface area contributed by atoms with Gasteiger partial charge in [-0.1, -0.05) is 6.07 Å². The number of hydrogen-bond acceptors (Lipinski definition) is 3. The Morgan fingerprint density at radius 3 is 2.56 bits per heavy atom. The van der Waals surface area contributed by atoms with Gasteiger partial charge in [-0.2, -0.15) is 0 Å². The van der Waals surface area contributed by atoms with Crippen LogP contribution in [0.15, 0.2) is 18.2 Å². The molecule has 3 heteroatoms. The largest absolute Gasteiger partial charge is 0.493 e. The molecule has 0 fully saturated rings. The Morgan fingerprint density at radius 2 is 2.00 bits per heavy atom. The van der Waals surface area contributed by atoms with Crippen molar-refractivity contribution in [2.45, 2.75) is 18.9 Å². The van der Waals surface area contributed by atoms with Crippen LogP contribution in [0.3, 0.4) is 0 Å². The first-order valence-electron chi connectivity index (χ1n) is 5.03. The number of terminal acetylenes is 1. The average Bonchev–Trinajstić information content (AvgIpc) is 2.29. The minimum atomic E-state index is -0.511. The minimum absolute atomic E-state index is 0.356. The quantitative estimate of drug-likeness (QED) is 0.766. The summed E-state index contributed by atoms with van der Waals surface area (Å²) < 4.78 is 10.3. The van der Waals surface area contributed by atoms with Gasteiger partial charge in [-0.25, -0.2) is 0 Å². The van der Waals surface area contributed by atoms with Gasteiger partial charge in [0.1, 0.15) is 0 Å². The fraction of sp³-hybridized carbons (Fsp3) is 0.385. The number of aliphatic hydroxyl groups excluding tert-OH is 1. The van der Waals surface area contributed by atoms with Crippen LogP contribution in [0.1, 0.15) is 12.0 Å². The van der Waals surface area contributed by atoms with E-state index in [0.29, 0.717) is 24.3 Å². The molecule has 0 amide bonds. The zero-order valence-electron chi connectivity index (χ0n) is 9.56. The third-order valence-corrected chi connectivity index (χ3v) is 2.27. The van der Waals surface area contributed by atoms with Crippen LogP contribution in [0.4, 0.5) is 0 Å². The molecular weight excluding hydrogens is 204 g/mol. The Bertz CT molecular complexity index is 379. The van der Waals surface area contributed by atoms with Crippen LogP contribution in [0.5, 0.6) is 11.5 Å². The minimum Gasteiger partial charge on any atom is -0.493 e. The Hall–Kier alpha value is -1.66. The lowest BCUT2D eigenvalue weighted by Gasteiger charge is -2.11. The summed E-state index contributed by atoms with van der Waals surface area (Å²) >= 11 is 0. The second-order valence-corrected chi connectivity index (χ2v) is 3.46. The van der Waals surface area contributed by atoms with Crippen LogP contribution in [0, 0.1) is 12.3 Å². The summed E-state index contributed by atoms with van der Waals surface area (Å²) in [7, 11) is 3.17. The molecule has 0 saturated heterocycles. The van der Waals surface area contributed by atoms with Crippen molar-refractivity contribution in [2.75, 3.05) is 14.2 Å². The summed E-state index contributed by atoms with van der Waals surface area (Å²) in [5.74, 6) is 3.77. The van der Waals surface area contributed by atoms with Crippen LogP contribution in [-0.2, 0) is 6.42 Å². The first-order chi connectivity index (χ1) is 7.71. The Balaban J connectivity index is 2.79. The van der Waals surface area contributed by atoms with Crippen LogP contribution < -0.4 is 9.47 Å². The summed E-state index contributed by atoms with van der Waals surface area (Å²) in [5.41, 5.74) is 0.973. The number of aliphatic hydroxyl groups is 1. The Morgan fingerprint density at radius 1 is 1.31 bits per heavy atom. The molecule has 1 atom stereocenters. The molecule has 86 valence electrons. The van der Waals surface area contributed by atoms with Crippen molar-refractivity contribution in [3.63, 3.8) is 0 Å². The molecule has 0 aliphatic carbocycles. The van der Waals surface area contributed by atoms with Crippen molar-refractivity contribution in [3.8, 4) is 23.8 Å². The van der Waals surface area contributed by atoms with Crippen LogP contribution >= 0.6 is 0 Å². The van der Waals surface area contributed by atoms with Crippen molar-refractivity contribution in [2.24, 2.45) is 0 Å². The van der Waals surface area contributed by atoms with E-state index in [0.717, 1.165) is 5.56 Å². The lowest BCUT2D eigenvalue weighted by Crippen LogP contribution is -2.09. The Kier molecular flexibility index (Phi) is 4.68. The van der Waals surface area contributed by atoms with Gasteiger partial charge in [0.25, 0.3) is 0 Å². The number of ether oxygens (including phenoxy) is 2. The molecule has 0 heterocycles. The molecule has 1 rings (SSSR count). The molecule has 16 heavy (non-hydrogen) atoms. The van der Waals surface area contributed by atoms with E-state index in [9.17, 15) is 5.11 Å². The van der Waals surface area contributed by atoms with Crippen LogP contribution in [0.2, 0.25) is 0 Å². The highest BCUT2D eigenvalue weighted by Crippen LogP contribution is 2.28. The zero-order valence-corrected chi connectivity index (χ0v) is 9.56. The molecule has 1 aromatic carbocycles. The topological polar surface area (TPSA) is 38.7 Å². The molecule has 0 spiro atoms. The summed E-state index contributed by atoms with van der Waals surface area (Å²) in [6.07, 6.45) is 5.49. The van der Waals surface area contributed by atoms with Gasteiger partial charge in [0, 0.05) is 6.42 Å². The molecule has 0 aromatic heterocycles. The Labute approximate surface area is 96.0 Å². The third kappa shape index (κ3) is 3.18. The maximum atomic E-state index is 9.58. The smallest absolute Gasteiger partial charge is 0.160 e. The van der Waals surface area contributed by atoms with Crippen molar-refractivity contribution in [3.05, 3.63) is 23.8 Å². The molecule has 0 saturated carbocycles. The number of methoxy groups -OCH3 is 2. The standard InChI is InChI=1S/C13H16O3/c1-4-5-11(14)8-10-6-7-12(15-2)13(9-10)16-3/h1,6-7,9,11,14H,5,8H2,2-3H3. The van der Waals surface area contributed by atoms with E-state index >= 15 is 0 Å².